The number of rotatable bonds is 3. The fraction of sp³-hybridized carbons (Fsp3) is 0.364. The lowest BCUT2D eigenvalue weighted by atomic mass is 10.3. The summed E-state index contributed by atoms with van der Waals surface area (Å²) >= 11 is 19.3. The van der Waals surface area contributed by atoms with Gasteiger partial charge in [-0.1, -0.05) is 23.4 Å². The summed E-state index contributed by atoms with van der Waals surface area (Å²) in [6, 6.07) is 5.39. The van der Waals surface area contributed by atoms with Gasteiger partial charge < -0.3 is 4.42 Å². The summed E-state index contributed by atoms with van der Waals surface area (Å²) in [6.07, 6.45) is 0.842. The first-order valence-corrected chi connectivity index (χ1v) is 7.23. The van der Waals surface area contributed by atoms with Crippen LogP contribution in [0.15, 0.2) is 27.8 Å². The van der Waals surface area contributed by atoms with Gasteiger partial charge in [0.05, 0.1) is 0 Å². The molecule has 1 aliphatic rings. The highest BCUT2D eigenvalue weighted by Crippen LogP contribution is 2.54. The molecule has 1 saturated carbocycles. The first kappa shape index (κ1) is 12.0. The van der Waals surface area contributed by atoms with Gasteiger partial charge in [0.2, 0.25) is 0 Å². The van der Waals surface area contributed by atoms with Crippen molar-refractivity contribution in [2.24, 2.45) is 5.92 Å². The molecule has 1 atom stereocenters. The average Bonchev–Trinajstić information content (AvgIpc) is 2.71. The molecule has 1 aromatic carbocycles. The van der Waals surface area contributed by atoms with E-state index >= 15 is 0 Å². The molecule has 90 valence electrons. The summed E-state index contributed by atoms with van der Waals surface area (Å²) in [4.78, 5) is 4.35. The van der Waals surface area contributed by atoms with Crippen LogP contribution in [-0.2, 0) is 0 Å². The van der Waals surface area contributed by atoms with E-state index in [4.69, 9.17) is 39.2 Å². The fourth-order valence-electron chi connectivity index (χ4n) is 1.56. The van der Waals surface area contributed by atoms with Crippen LogP contribution in [0.5, 0.6) is 0 Å². The Hall–Kier alpha value is -0.0900. The first-order chi connectivity index (χ1) is 8.04. The lowest BCUT2D eigenvalue weighted by Gasteiger charge is -1.96. The van der Waals surface area contributed by atoms with E-state index in [0.717, 1.165) is 23.3 Å². The first-order valence-electron chi connectivity index (χ1n) is 5.11. The smallest absolute Gasteiger partial charge is 0.256 e. The van der Waals surface area contributed by atoms with Crippen molar-refractivity contribution in [3.05, 3.63) is 23.2 Å². The molecule has 0 aliphatic heterocycles. The number of nitrogens with zero attached hydrogens (tertiary/aromatic N) is 1. The van der Waals surface area contributed by atoms with E-state index in [0.29, 0.717) is 16.2 Å². The zero-order valence-corrected chi connectivity index (χ0v) is 11.7. The van der Waals surface area contributed by atoms with E-state index < -0.39 is 4.33 Å². The monoisotopic (exact) mass is 307 g/mol. The van der Waals surface area contributed by atoms with Gasteiger partial charge in [-0.3, -0.25) is 0 Å². The third kappa shape index (κ3) is 2.53. The maximum atomic E-state index is 5.96. The van der Waals surface area contributed by atoms with E-state index in [9.17, 15) is 0 Å². The van der Waals surface area contributed by atoms with Gasteiger partial charge in [-0.05, 0) is 24.6 Å². The van der Waals surface area contributed by atoms with Crippen molar-refractivity contribution in [3.8, 4) is 0 Å². The van der Waals surface area contributed by atoms with Crippen molar-refractivity contribution in [1.82, 2.24) is 4.98 Å². The summed E-state index contributed by atoms with van der Waals surface area (Å²) in [5, 5.41) is 1.29. The van der Waals surface area contributed by atoms with Crippen molar-refractivity contribution >= 4 is 57.7 Å². The van der Waals surface area contributed by atoms with Gasteiger partial charge in [-0.25, -0.2) is 4.98 Å². The zero-order valence-electron chi connectivity index (χ0n) is 8.62. The predicted molar refractivity (Wildman–Crippen MR) is 72.3 cm³/mol. The van der Waals surface area contributed by atoms with Crippen molar-refractivity contribution < 1.29 is 4.42 Å². The van der Waals surface area contributed by atoms with Crippen LogP contribution in [0.3, 0.4) is 0 Å². The van der Waals surface area contributed by atoms with Gasteiger partial charge in [0, 0.05) is 16.7 Å². The molecule has 0 bridgehead atoms. The highest BCUT2D eigenvalue weighted by atomic mass is 35.5. The molecule has 0 spiro atoms. The van der Waals surface area contributed by atoms with Crippen LogP contribution in [0.25, 0.3) is 11.1 Å². The number of oxazole rings is 1. The van der Waals surface area contributed by atoms with Crippen LogP contribution in [0.2, 0.25) is 5.02 Å². The fourth-order valence-corrected chi connectivity index (χ4v) is 3.50. The van der Waals surface area contributed by atoms with Gasteiger partial charge in [0.1, 0.15) is 9.85 Å². The lowest BCUT2D eigenvalue weighted by molar-refractivity contribution is 0.489. The molecule has 1 heterocycles. The molecule has 1 fully saturated rings. The van der Waals surface area contributed by atoms with Crippen molar-refractivity contribution in [1.29, 1.82) is 0 Å². The topological polar surface area (TPSA) is 26.0 Å². The summed E-state index contributed by atoms with van der Waals surface area (Å²) in [5.41, 5.74) is 1.52. The van der Waals surface area contributed by atoms with Gasteiger partial charge in [0.25, 0.3) is 5.22 Å². The molecule has 0 radical (unpaired) electrons. The minimum absolute atomic E-state index is 0.328. The van der Waals surface area contributed by atoms with Crippen LogP contribution in [0.1, 0.15) is 6.42 Å². The van der Waals surface area contributed by atoms with E-state index in [2.05, 4.69) is 4.98 Å². The number of thioether (sulfide) groups is 1. The predicted octanol–water partition coefficient (Wildman–Crippen LogP) is 4.77. The largest absolute Gasteiger partial charge is 0.431 e. The SMILES string of the molecule is Clc1ccc2oc(SC[C@@H]3CC3(Cl)Cl)nc2c1. The Morgan fingerprint density at radius 2 is 2.24 bits per heavy atom. The minimum atomic E-state index is -0.539. The Kier molecular flexibility index (Phi) is 2.98. The Balaban J connectivity index is 1.73. The lowest BCUT2D eigenvalue weighted by Crippen LogP contribution is -1.92. The number of hydrogen-bond acceptors (Lipinski definition) is 3. The number of alkyl halides is 2. The number of fused-ring (bicyclic) bond motifs is 1. The highest BCUT2D eigenvalue weighted by Gasteiger charge is 2.51. The molecule has 0 N–H and O–H groups in total. The molecule has 2 aromatic rings. The number of halogens is 3. The Labute approximate surface area is 118 Å². The third-order valence-electron chi connectivity index (χ3n) is 2.69. The Morgan fingerprint density at radius 3 is 2.94 bits per heavy atom. The molecular weight excluding hydrogens is 301 g/mol. The third-order valence-corrected chi connectivity index (χ3v) is 4.85. The molecule has 17 heavy (non-hydrogen) atoms. The van der Waals surface area contributed by atoms with Gasteiger partial charge in [0.15, 0.2) is 5.58 Å². The summed E-state index contributed by atoms with van der Waals surface area (Å²) < 4.78 is 5.04. The van der Waals surface area contributed by atoms with Crippen LogP contribution >= 0.6 is 46.6 Å². The molecule has 1 aliphatic carbocycles. The minimum Gasteiger partial charge on any atom is -0.431 e. The molecule has 0 saturated heterocycles. The second-order valence-corrected chi connectivity index (χ2v) is 7.01. The van der Waals surface area contributed by atoms with Crippen LogP contribution in [0.4, 0.5) is 0 Å². The number of benzene rings is 1. The number of hydrogen-bond donors (Lipinski definition) is 0. The molecule has 3 rings (SSSR count). The average molecular weight is 309 g/mol. The Bertz CT molecular complexity index is 569. The second kappa shape index (κ2) is 4.23. The van der Waals surface area contributed by atoms with Gasteiger partial charge in [-0.15, -0.1) is 23.2 Å². The molecule has 0 amide bonds. The summed E-state index contributed by atoms with van der Waals surface area (Å²) in [5.74, 6) is 1.16. The van der Waals surface area contributed by atoms with Crippen molar-refractivity contribution in [3.63, 3.8) is 0 Å². The standard InChI is InChI=1S/C11H8Cl3NOS/c12-7-1-2-9-8(3-7)15-10(16-9)17-5-6-4-11(6,13)14/h1-3,6H,4-5H2/t6-/m0/s1. The van der Waals surface area contributed by atoms with Gasteiger partial charge >= 0.3 is 0 Å². The summed E-state index contributed by atoms with van der Waals surface area (Å²) in [6.45, 7) is 0. The number of aromatic nitrogens is 1. The highest BCUT2D eigenvalue weighted by molar-refractivity contribution is 7.99. The van der Waals surface area contributed by atoms with Crippen LogP contribution < -0.4 is 0 Å². The molecule has 2 nitrogen and oxygen atoms in total. The summed E-state index contributed by atoms with van der Waals surface area (Å²) in [7, 11) is 0. The van der Waals surface area contributed by atoms with E-state index in [1.165, 1.54) is 11.8 Å². The van der Waals surface area contributed by atoms with Crippen molar-refractivity contribution in [2.75, 3.05) is 5.75 Å². The maximum absolute atomic E-state index is 5.96. The van der Waals surface area contributed by atoms with Crippen LogP contribution in [0, 0.1) is 5.92 Å². The Morgan fingerprint density at radius 1 is 1.47 bits per heavy atom. The van der Waals surface area contributed by atoms with E-state index in [1.54, 1.807) is 12.1 Å². The molecule has 6 heteroatoms. The quantitative estimate of drug-likeness (QED) is 0.603. The molecule has 0 unspecified atom stereocenters. The molecular formula is C11H8Cl3NOS. The maximum Gasteiger partial charge on any atom is 0.256 e. The normalized spacial score (nSPS) is 21.9. The van der Waals surface area contributed by atoms with Crippen molar-refractivity contribution in [2.45, 2.75) is 16.0 Å². The van der Waals surface area contributed by atoms with Crippen LogP contribution in [-0.4, -0.2) is 15.1 Å². The zero-order chi connectivity index (χ0) is 12.0. The van der Waals surface area contributed by atoms with E-state index in [1.807, 2.05) is 6.07 Å². The van der Waals surface area contributed by atoms with Gasteiger partial charge in [-0.2, -0.15) is 0 Å². The van der Waals surface area contributed by atoms with E-state index in [-0.39, 0.29) is 0 Å². The second-order valence-electron chi connectivity index (χ2n) is 4.06. The molecule has 1 aromatic heterocycles.